The molecule has 0 aliphatic heterocycles. The lowest BCUT2D eigenvalue weighted by Crippen LogP contribution is -2.48. The Kier molecular flexibility index (Phi) is 50.0. The summed E-state index contributed by atoms with van der Waals surface area (Å²) in [6.07, 6.45) is -8.48. The lowest BCUT2D eigenvalue weighted by Gasteiger charge is -2.42. The third kappa shape index (κ3) is 32.2. The van der Waals surface area contributed by atoms with Crippen LogP contribution in [0.2, 0.25) is 99.7 Å². The van der Waals surface area contributed by atoms with Crippen LogP contribution in [0.1, 0.15) is 291 Å². The van der Waals surface area contributed by atoms with E-state index < -0.39 is 87.6 Å². The highest BCUT2D eigenvalue weighted by atomic mass is 28.4. The summed E-state index contributed by atoms with van der Waals surface area (Å²) in [4.78, 5) is 0. The van der Waals surface area contributed by atoms with Crippen LogP contribution in [-0.2, 0) is 26.6 Å². The molecule has 30 heteroatoms. The van der Waals surface area contributed by atoms with Gasteiger partial charge in [0, 0.05) is 36.4 Å². The maximum absolute atomic E-state index is 12.0. The van der Waals surface area contributed by atoms with E-state index in [0.29, 0.717) is 101 Å². The summed E-state index contributed by atoms with van der Waals surface area (Å²) in [6.45, 7) is 92.1. The van der Waals surface area contributed by atoms with E-state index in [9.17, 15) is 30.6 Å². The number of aliphatic hydroxyl groups excluding tert-OH is 6. The predicted molar refractivity (Wildman–Crippen MR) is 628 cm³/mol. The predicted octanol–water partition coefficient (Wildman–Crippen LogP) is 31.4. The Morgan fingerprint density at radius 2 is 0.233 bits per heavy atom. The van der Waals surface area contributed by atoms with E-state index >= 15 is 0 Å². The minimum Gasteiger partial charge on any atom is -0.491 e. The van der Waals surface area contributed by atoms with Crippen LogP contribution < -0.4 is 56.8 Å². The van der Waals surface area contributed by atoms with Crippen molar-refractivity contribution in [3.05, 3.63) is 109 Å². The van der Waals surface area contributed by atoms with Crippen LogP contribution in [0.15, 0.2) is 109 Å². The van der Waals surface area contributed by atoms with Crippen molar-refractivity contribution in [3.8, 4) is 136 Å². The number of hydrogen-bond donors (Lipinski definition) is 6. The molecule has 0 saturated heterocycles. The van der Waals surface area contributed by atoms with E-state index in [2.05, 4.69) is 249 Å². The molecule has 0 aliphatic rings. The van der Waals surface area contributed by atoms with Gasteiger partial charge in [-0.15, -0.1) is 0 Å². The molecule has 24 nitrogen and oxygen atoms in total. The van der Waals surface area contributed by atoms with Gasteiger partial charge in [0.1, 0.15) is 109 Å². The van der Waals surface area contributed by atoms with Gasteiger partial charge in [-0.1, -0.05) is 249 Å². The number of rotatable bonds is 66. The van der Waals surface area contributed by atoms with Gasteiger partial charge in [0.2, 0.25) is 0 Å². The monoisotopic (exact) mass is 2190 g/mol. The molecular weight excluding hydrogens is 1990 g/mol. The van der Waals surface area contributed by atoms with Gasteiger partial charge in [0.05, 0.1) is 39.6 Å². The summed E-state index contributed by atoms with van der Waals surface area (Å²) in [6, 6.07) is 33.3. The Morgan fingerprint density at radius 1 is 0.140 bits per heavy atom. The second kappa shape index (κ2) is 57.8. The molecule has 7 rings (SSSR count). The number of benzene rings is 7. The molecule has 0 amide bonds. The molecule has 6 unspecified atom stereocenters. The lowest BCUT2D eigenvalue weighted by atomic mass is 9.74. The first kappa shape index (κ1) is 130. The summed E-state index contributed by atoms with van der Waals surface area (Å²) < 4.78 is 128. The van der Waals surface area contributed by atoms with Crippen LogP contribution in [0.25, 0.3) is 66.8 Å². The molecule has 150 heavy (non-hydrogen) atoms. The zero-order chi connectivity index (χ0) is 113. The first-order chi connectivity index (χ1) is 70.1. The fourth-order valence-corrected chi connectivity index (χ4v) is 58.8. The van der Waals surface area contributed by atoms with Crippen LogP contribution in [0.4, 0.5) is 0 Å². The molecule has 0 radical (unpaired) electrons. The maximum atomic E-state index is 12.0. The van der Waals surface area contributed by atoms with Crippen LogP contribution in [0, 0.1) is 0 Å². The summed E-state index contributed by atoms with van der Waals surface area (Å²) in [7, 11) is -15.2. The Labute approximate surface area is 910 Å². The summed E-state index contributed by atoms with van der Waals surface area (Å²) in [5.74, 6) is 2.87. The van der Waals surface area contributed by atoms with Crippen LogP contribution in [0.3, 0.4) is 0 Å². The minimum absolute atomic E-state index is 0.0699. The zero-order valence-electron chi connectivity index (χ0n) is 99.8. The van der Waals surface area contributed by atoms with Crippen molar-refractivity contribution in [1.29, 1.82) is 0 Å². The van der Waals surface area contributed by atoms with Crippen molar-refractivity contribution in [1.82, 2.24) is 0 Å². The number of ether oxygens (including phenoxy) is 12. The van der Waals surface area contributed by atoms with Gasteiger partial charge in [-0.3, -0.25) is 0 Å². The highest BCUT2D eigenvalue weighted by molar-refractivity contribution is 6.80. The molecule has 0 spiro atoms. The molecule has 0 heterocycles. The molecular formula is C120H198O24Si6. The second-order valence-electron chi connectivity index (χ2n) is 46.8. The summed E-state index contributed by atoms with van der Waals surface area (Å²) >= 11 is 0. The van der Waals surface area contributed by atoms with E-state index in [-0.39, 0.29) is 214 Å². The topological polar surface area (TPSA) is 288 Å². The van der Waals surface area contributed by atoms with Crippen molar-refractivity contribution >= 4 is 49.9 Å². The Morgan fingerprint density at radius 3 is 0.320 bits per heavy atom. The smallest absolute Gasteiger partial charge is 0.200 e. The van der Waals surface area contributed by atoms with Gasteiger partial charge in [0.25, 0.3) is 0 Å². The van der Waals surface area contributed by atoms with Gasteiger partial charge in [0.15, 0.2) is 87.6 Å². The Hall–Kier alpha value is -7.04. The van der Waals surface area contributed by atoms with Gasteiger partial charge >= 0.3 is 0 Å². The van der Waals surface area contributed by atoms with E-state index in [1.807, 2.05) is 72.8 Å². The highest BCUT2D eigenvalue weighted by Crippen LogP contribution is 2.61. The first-order valence-electron chi connectivity index (χ1n) is 55.9. The van der Waals surface area contributed by atoms with Gasteiger partial charge in [-0.2, -0.15) is 0 Å². The van der Waals surface area contributed by atoms with Crippen LogP contribution in [-0.4, -0.2) is 198 Å². The third-order valence-electron chi connectivity index (χ3n) is 30.8. The fourth-order valence-electron chi connectivity index (χ4n) is 26.1. The largest absolute Gasteiger partial charge is 0.491 e. The first-order valence-corrected chi connectivity index (χ1v) is 68.8. The second-order valence-corrected chi connectivity index (χ2v) is 79.6. The van der Waals surface area contributed by atoms with Crippen molar-refractivity contribution < 1.29 is 114 Å². The summed E-state index contributed by atoms with van der Waals surface area (Å²) in [5.41, 5.74) is 9.12. The molecule has 0 bridgehead atoms. The third-order valence-corrected chi connectivity index (χ3v) is 67.5. The number of aliphatic hydroxyl groups is 6. The van der Waals surface area contributed by atoms with Crippen LogP contribution >= 0.6 is 0 Å². The maximum Gasteiger partial charge on any atom is 0.200 e. The van der Waals surface area contributed by atoms with Crippen molar-refractivity contribution in [3.63, 3.8) is 0 Å². The SMILES string of the molecule is CC(O)Oc1cc(OCCO[Si](C(C)C)(C(C)C)C(C)C)cc(-c2c(-c3cc(OCCO[Si](C(C)C)(C(C)C)C(C)C)cc(OC(C)O)c3)c(-c3cc(OCCO[Si](C(C)C)(C(C)C)C(C)C)cc(OC(C)O)c3)c(-c3cc(OCCO[Si](C(C)C)(C(C)C)C(C)C)cc(OC(C)O)c3)c(-c3cc(OCCO[Si](C(C)C)(C(C)C)C(C)C)cc(OC(C)O)c3)c2-c2cc(OCCO[Si](C(C)C)(C(C)C)C(C)C)cc(OC(C)O)c2)c1. The quantitative estimate of drug-likeness (QED) is 0.0117. The van der Waals surface area contributed by atoms with E-state index in [1.54, 1.807) is 77.9 Å². The summed E-state index contributed by atoms with van der Waals surface area (Å²) in [5, 5.41) is 71.9. The Balaban J connectivity index is 2.04. The molecule has 6 atom stereocenters. The molecule has 7 aromatic rings. The molecule has 0 aromatic heterocycles. The van der Waals surface area contributed by atoms with Gasteiger partial charge < -0.3 is 114 Å². The minimum atomic E-state index is -2.53. The number of hydrogen-bond acceptors (Lipinski definition) is 24. The molecule has 6 N–H and O–H groups in total. The lowest BCUT2D eigenvalue weighted by molar-refractivity contribution is -0.00104. The molecule has 0 saturated carbocycles. The van der Waals surface area contributed by atoms with Crippen LogP contribution in [0.5, 0.6) is 69.0 Å². The van der Waals surface area contributed by atoms with E-state index in [0.717, 1.165) is 0 Å². The molecule has 846 valence electrons. The van der Waals surface area contributed by atoms with Gasteiger partial charge in [-0.25, -0.2) is 0 Å². The van der Waals surface area contributed by atoms with Crippen molar-refractivity contribution in [2.45, 2.75) is 428 Å². The fraction of sp³-hybridized carbons (Fsp3) is 0.650. The van der Waals surface area contributed by atoms with E-state index in [1.165, 1.54) is 0 Å². The van der Waals surface area contributed by atoms with E-state index in [4.69, 9.17) is 83.4 Å². The van der Waals surface area contributed by atoms with Gasteiger partial charge in [-0.05, 0) is 281 Å². The molecule has 0 fully saturated rings. The molecule has 0 aliphatic carbocycles. The Bertz CT molecular complexity index is 4290. The normalized spacial score (nSPS) is 14.2. The average molecular weight is 2190 g/mol. The zero-order valence-corrected chi connectivity index (χ0v) is 106. The highest BCUT2D eigenvalue weighted by Gasteiger charge is 2.51. The van der Waals surface area contributed by atoms with Crippen molar-refractivity contribution in [2.24, 2.45) is 0 Å². The molecule has 7 aromatic carbocycles. The standard InChI is InChI=1S/C120H198O24Si6/c1-73(2)145(74(3)4,75(5)6)133-49-43-127-103-55-97(61-109(67-103)139-91(37)121)115-116(98-56-104(68-110(62-98)140-92(38)122)128-44-50-134-146(76(7)8,77(9)10)78(11)12)118(100-58-106(70-112(64-100)142-94(40)124)130-46-52-136-148(82(19)20,83(21)22)84(23)24)120(102-60-108(72-114(66-102)144-96(42)126)132-48-54-138-150(88(31)32,89(33)34)90(35)36)119(101-59-107(71-113(65-101)143-95(41)125)131-47-53-137-149(85(25)26,86(27)28)87(29)30)117(115)99-57-105(69-111(63-99)141-93(39)123)129-45-51-135-147(79(13)14,80(15)16)81(17)18/h55-96,121-126H,43-54H2,1-42H3. The average Bonchev–Trinajstić information content (AvgIpc) is 0.704. The van der Waals surface area contributed by atoms with Crippen molar-refractivity contribution in [2.75, 3.05) is 79.3 Å².